The average molecular weight is 557 g/mol. The molecule has 1 aliphatic rings. The number of amides is 1. The van der Waals surface area contributed by atoms with Gasteiger partial charge in [-0.25, -0.2) is 17.2 Å². The van der Waals surface area contributed by atoms with Crippen LogP contribution in [0.1, 0.15) is 49.7 Å². The van der Waals surface area contributed by atoms with Gasteiger partial charge in [0.25, 0.3) is 5.91 Å². The van der Waals surface area contributed by atoms with Crippen LogP contribution in [0.5, 0.6) is 0 Å². The highest BCUT2D eigenvalue weighted by Crippen LogP contribution is 2.31. The molecule has 39 heavy (non-hydrogen) atoms. The van der Waals surface area contributed by atoms with Crippen LogP contribution in [0.2, 0.25) is 0 Å². The molecular weight excluding hydrogens is 522 g/mol. The van der Waals surface area contributed by atoms with E-state index in [0.29, 0.717) is 43.0 Å². The van der Waals surface area contributed by atoms with E-state index in [2.05, 4.69) is 0 Å². The minimum Gasteiger partial charge on any atom is -0.368 e. The van der Waals surface area contributed by atoms with Crippen molar-refractivity contribution in [1.82, 2.24) is 4.90 Å². The Labute approximate surface area is 229 Å². The van der Waals surface area contributed by atoms with E-state index >= 15 is 4.39 Å². The Kier molecular flexibility index (Phi) is 8.14. The van der Waals surface area contributed by atoms with E-state index < -0.39 is 15.7 Å². The van der Waals surface area contributed by atoms with Crippen LogP contribution in [0.25, 0.3) is 11.1 Å². The molecule has 6 nitrogen and oxygen atoms in total. The number of piperazine rings is 1. The number of benzene rings is 3. The van der Waals surface area contributed by atoms with Crippen molar-refractivity contribution in [2.75, 3.05) is 37.3 Å². The molecule has 1 heterocycles. The summed E-state index contributed by atoms with van der Waals surface area (Å²) in [7, 11) is -3.55. The first-order valence-electron chi connectivity index (χ1n) is 12.8. The van der Waals surface area contributed by atoms with Crippen molar-refractivity contribution < 1.29 is 26.7 Å². The van der Waals surface area contributed by atoms with Gasteiger partial charge in [0.2, 0.25) is 0 Å². The highest BCUT2D eigenvalue weighted by atomic mass is 32.2. The fraction of sp³-hybridized carbons (Fsp3) is 0.367. The van der Waals surface area contributed by atoms with Gasteiger partial charge in [0.15, 0.2) is 9.84 Å². The molecule has 0 aromatic heterocycles. The molecule has 0 N–H and O–H groups in total. The molecule has 1 amide bonds. The lowest BCUT2D eigenvalue weighted by molar-refractivity contribution is -0.0530. The fourth-order valence-corrected chi connectivity index (χ4v) is 5.41. The molecule has 0 radical (unpaired) electrons. The molecule has 1 atom stereocenters. The zero-order valence-electron chi connectivity index (χ0n) is 22.9. The monoisotopic (exact) mass is 556 g/mol. The number of halogens is 2. The average Bonchev–Trinajstić information content (AvgIpc) is 2.87. The quantitative estimate of drug-likeness (QED) is 0.380. The number of carbonyl (C=O) groups excluding carboxylic acids is 1. The smallest absolute Gasteiger partial charge is 0.254 e. The lowest BCUT2D eigenvalue weighted by Gasteiger charge is -2.36. The number of sulfone groups is 1. The summed E-state index contributed by atoms with van der Waals surface area (Å²) < 4.78 is 59.0. The number of hydrogen-bond acceptors (Lipinski definition) is 5. The van der Waals surface area contributed by atoms with Gasteiger partial charge in [-0.05, 0) is 80.8 Å². The second kappa shape index (κ2) is 11.1. The Morgan fingerprint density at radius 3 is 2.13 bits per heavy atom. The van der Waals surface area contributed by atoms with Crippen LogP contribution in [0.15, 0.2) is 65.6 Å². The summed E-state index contributed by atoms with van der Waals surface area (Å²) in [5, 5.41) is 0. The molecule has 3 aromatic carbocycles. The largest absolute Gasteiger partial charge is 0.368 e. The van der Waals surface area contributed by atoms with Gasteiger partial charge in [-0.2, -0.15) is 0 Å². The summed E-state index contributed by atoms with van der Waals surface area (Å²) in [6, 6.07) is 15.2. The van der Waals surface area contributed by atoms with E-state index in [0.717, 1.165) is 11.8 Å². The number of carbonyl (C=O) groups is 1. The van der Waals surface area contributed by atoms with Gasteiger partial charge < -0.3 is 14.5 Å². The number of nitrogens with zero attached hydrogens (tertiary/aromatic N) is 2. The van der Waals surface area contributed by atoms with Gasteiger partial charge in [-0.3, -0.25) is 4.79 Å². The van der Waals surface area contributed by atoms with Crippen molar-refractivity contribution in [3.8, 4) is 11.1 Å². The third kappa shape index (κ3) is 6.83. The Hall–Kier alpha value is -3.30. The first-order valence-corrected chi connectivity index (χ1v) is 14.7. The molecule has 0 saturated carbocycles. The maximum atomic E-state index is 15.1. The Bertz CT molecular complexity index is 1460. The van der Waals surface area contributed by atoms with E-state index in [9.17, 15) is 17.6 Å². The van der Waals surface area contributed by atoms with Crippen LogP contribution in [-0.2, 0) is 14.6 Å². The molecule has 1 unspecified atom stereocenters. The Morgan fingerprint density at radius 2 is 1.56 bits per heavy atom. The highest BCUT2D eigenvalue weighted by molar-refractivity contribution is 7.90. The van der Waals surface area contributed by atoms with Gasteiger partial charge in [0.05, 0.1) is 22.3 Å². The molecule has 9 heteroatoms. The third-order valence-electron chi connectivity index (χ3n) is 6.68. The first-order chi connectivity index (χ1) is 18.2. The van der Waals surface area contributed by atoms with Crippen molar-refractivity contribution in [2.45, 2.75) is 44.3 Å². The number of anilines is 1. The Morgan fingerprint density at radius 1 is 0.923 bits per heavy atom. The van der Waals surface area contributed by atoms with Crippen molar-refractivity contribution in [3.63, 3.8) is 0 Å². The van der Waals surface area contributed by atoms with E-state index in [4.69, 9.17) is 4.74 Å². The van der Waals surface area contributed by atoms with Crippen molar-refractivity contribution >= 4 is 21.4 Å². The van der Waals surface area contributed by atoms with E-state index in [-0.39, 0.29) is 33.9 Å². The minimum atomic E-state index is -3.55. The molecule has 3 aromatic rings. The summed E-state index contributed by atoms with van der Waals surface area (Å²) in [6.07, 6.45) is 0.823. The fourth-order valence-electron chi connectivity index (χ4n) is 4.76. The highest BCUT2D eigenvalue weighted by Gasteiger charge is 2.27. The zero-order chi connectivity index (χ0) is 28.5. The maximum absolute atomic E-state index is 15.1. The second-order valence-electron chi connectivity index (χ2n) is 10.8. The number of ether oxygens (including phenoxy) is 1. The van der Waals surface area contributed by atoms with Gasteiger partial charge >= 0.3 is 0 Å². The molecule has 1 fully saturated rings. The van der Waals surface area contributed by atoms with Crippen LogP contribution >= 0.6 is 0 Å². The SMILES string of the molecule is CC(OC(C)(C)C)c1ccc(N2CCN(C(=O)c3cc(S(C)(=O)=O)ccc3-c3ccc(F)cc3)CC2)c(F)c1. The third-order valence-corrected chi connectivity index (χ3v) is 7.79. The second-order valence-corrected chi connectivity index (χ2v) is 12.9. The van der Waals surface area contributed by atoms with Gasteiger partial charge in [0.1, 0.15) is 11.6 Å². The molecular formula is C30H34F2N2O4S. The molecule has 1 aliphatic heterocycles. The molecule has 0 aliphatic carbocycles. The van der Waals surface area contributed by atoms with E-state index in [1.54, 1.807) is 29.2 Å². The molecule has 208 valence electrons. The Balaban J connectivity index is 1.53. The van der Waals surface area contributed by atoms with Crippen LogP contribution in [0, 0.1) is 11.6 Å². The lowest BCUT2D eigenvalue weighted by Crippen LogP contribution is -2.49. The summed E-state index contributed by atoms with van der Waals surface area (Å²) in [4.78, 5) is 17.2. The summed E-state index contributed by atoms with van der Waals surface area (Å²) in [5.41, 5.74) is 2.20. The summed E-state index contributed by atoms with van der Waals surface area (Å²) >= 11 is 0. The van der Waals surface area contributed by atoms with Gasteiger partial charge in [0, 0.05) is 38.0 Å². The van der Waals surface area contributed by atoms with Crippen LogP contribution in [0.3, 0.4) is 0 Å². The maximum Gasteiger partial charge on any atom is 0.254 e. The minimum absolute atomic E-state index is 0.0298. The van der Waals surface area contributed by atoms with Gasteiger partial charge in [-0.1, -0.05) is 24.3 Å². The van der Waals surface area contributed by atoms with Crippen molar-refractivity contribution in [1.29, 1.82) is 0 Å². The number of hydrogen-bond donors (Lipinski definition) is 0. The van der Waals surface area contributed by atoms with Crippen molar-refractivity contribution in [3.05, 3.63) is 83.4 Å². The lowest BCUT2D eigenvalue weighted by atomic mass is 9.98. The van der Waals surface area contributed by atoms with Crippen LogP contribution in [0.4, 0.5) is 14.5 Å². The number of rotatable bonds is 6. The van der Waals surface area contributed by atoms with E-state index in [1.807, 2.05) is 38.7 Å². The van der Waals surface area contributed by atoms with Gasteiger partial charge in [-0.15, -0.1) is 0 Å². The van der Waals surface area contributed by atoms with Crippen LogP contribution < -0.4 is 4.90 Å². The van der Waals surface area contributed by atoms with Crippen molar-refractivity contribution in [2.24, 2.45) is 0 Å². The molecule has 4 rings (SSSR count). The summed E-state index contributed by atoms with van der Waals surface area (Å²) in [6.45, 7) is 9.23. The topological polar surface area (TPSA) is 66.9 Å². The molecule has 0 bridgehead atoms. The summed E-state index contributed by atoms with van der Waals surface area (Å²) in [5.74, 6) is -1.09. The standard InChI is InChI=1S/C30H34F2N2O4S/c1-20(38-30(2,3)4)22-8-13-28(27(32)18-22)33-14-16-34(17-15-33)29(35)26-19-24(39(5,36)37)11-12-25(26)21-6-9-23(31)10-7-21/h6-13,18-20H,14-17H2,1-5H3. The predicted molar refractivity (Wildman–Crippen MR) is 149 cm³/mol. The van der Waals surface area contributed by atoms with E-state index in [1.165, 1.54) is 30.3 Å². The zero-order valence-corrected chi connectivity index (χ0v) is 23.7. The molecule has 0 spiro atoms. The predicted octanol–water partition coefficient (Wildman–Crippen LogP) is 5.87. The molecule has 1 saturated heterocycles. The first kappa shape index (κ1) is 28.7. The van der Waals surface area contributed by atoms with Crippen LogP contribution in [-0.4, -0.2) is 57.3 Å². The normalized spacial score (nSPS) is 15.4.